The third-order valence-electron chi connectivity index (χ3n) is 3.39. The van der Waals surface area contributed by atoms with Crippen LogP contribution in [0.5, 0.6) is 0 Å². The molecule has 0 aliphatic carbocycles. The second-order valence-corrected chi connectivity index (χ2v) is 5.67. The molecule has 0 unspecified atom stereocenters. The Morgan fingerprint density at radius 1 is 0.900 bits per heavy atom. The second-order valence-electron chi connectivity index (χ2n) is 4.62. The third-order valence-corrected chi connectivity index (χ3v) is 4.55. The number of anilines is 1. The molecule has 2 aromatic carbocycles. The molecule has 2 N–H and O–H groups in total. The van der Waals surface area contributed by atoms with Gasteiger partial charge < -0.3 is 5.73 Å². The molecular weight excluding hydrogens is 266 g/mol. The molecule has 2 heterocycles. The van der Waals surface area contributed by atoms with Crippen LogP contribution in [0.1, 0.15) is 0 Å². The van der Waals surface area contributed by atoms with Crippen LogP contribution in [0.25, 0.3) is 31.4 Å². The minimum absolute atomic E-state index is 0.553. The van der Waals surface area contributed by atoms with Gasteiger partial charge in [-0.3, -0.25) is 0 Å². The van der Waals surface area contributed by atoms with Gasteiger partial charge in [0.25, 0.3) is 0 Å². The van der Waals surface area contributed by atoms with Gasteiger partial charge in [0.1, 0.15) is 12.1 Å². The van der Waals surface area contributed by atoms with Gasteiger partial charge in [0, 0.05) is 10.1 Å². The van der Waals surface area contributed by atoms with E-state index >= 15 is 0 Å². The molecule has 0 fully saturated rings. The van der Waals surface area contributed by atoms with Crippen molar-refractivity contribution in [3.05, 3.63) is 54.9 Å². The fraction of sp³-hybridized carbons (Fsp3) is 0. The van der Waals surface area contributed by atoms with Gasteiger partial charge in [-0.05, 0) is 17.2 Å². The lowest BCUT2D eigenvalue weighted by Crippen LogP contribution is -1.89. The van der Waals surface area contributed by atoms with Crippen molar-refractivity contribution in [1.82, 2.24) is 9.97 Å². The molecule has 4 heteroatoms. The smallest absolute Gasteiger partial charge is 0.144 e. The van der Waals surface area contributed by atoms with Crippen LogP contribution in [0.15, 0.2) is 54.9 Å². The fourth-order valence-corrected chi connectivity index (χ4v) is 3.50. The Morgan fingerprint density at radius 3 is 2.60 bits per heavy atom. The quantitative estimate of drug-likeness (QED) is 0.570. The normalized spacial score (nSPS) is 11.2. The van der Waals surface area contributed by atoms with E-state index in [1.54, 1.807) is 11.3 Å². The van der Waals surface area contributed by atoms with E-state index in [2.05, 4.69) is 40.3 Å². The summed E-state index contributed by atoms with van der Waals surface area (Å²) in [7, 11) is 0. The molecule has 0 amide bonds. The maximum Gasteiger partial charge on any atom is 0.144 e. The van der Waals surface area contributed by atoms with E-state index in [4.69, 9.17) is 5.73 Å². The van der Waals surface area contributed by atoms with E-state index < -0.39 is 0 Å². The van der Waals surface area contributed by atoms with Crippen LogP contribution in [0, 0.1) is 0 Å². The highest BCUT2D eigenvalue weighted by Crippen LogP contribution is 2.36. The first-order chi connectivity index (χ1) is 9.83. The number of hydrogen-bond acceptors (Lipinski definition) is 4. The van der Waals surface area contributed by atoms with E-state index in [1.807, 2.05) is 18.2 Å². The number of aromatic nitrogens is 2. The fourth-order valence-electron chi connectivity index (χ4n) is 2.40. The summed E-state index contributed by atoms with van der Waals surface area (Å²) >= 11 is 1.65. The van der Waals surface area contributed by atoms with Gasteiger partial charge >= 0.3 is 0 Å². The largest absolute Gasteiger partial charge is 0.382 e. The van der Waals surface area contributed by atoms with Crippen molar-refractivity contribution < 1.29 is 0 Å². The number of benzene rings is 2. The Bertz CT molecular complexity index is 913. The van der Waals surface area contributed by atoms with Crippen LogP contribution in [0.2, 0.25) is 0 Å². The number of nitrogen functional groups attached to an aromatic ring is 1. The lowest BCUT2D eigenvalue weighted by atomic mass is 10.0. The molecule has 0 atom stereocenters. The summed E-state index contributed by atoms with van der Waals surface area (Å²) < 4.78 is 2.15. The molecule has 2 aromatic heterocycles. The Balaban J connectivity index is 2.01. The van der Waals surface area contributed by atoms with Gasteiger partial charge in [0.2, 0.25) is 0 Å². The Hall–Kier alpha value is -2.46. The number of hydrogen-bond donors (Lipinski definition) is 1. The zero-order chi connectivity index (χ0) is 13.5. The molecule has 4 rings (SSSR count). The van der Waals surface area contributed by atoms with Crippen LogP contribution in [0.4, 0.5) is 5.82 Å². The summed E-state index contributed by atoms with van der Waals surface area (Å²) in [5, 5.41) is 1.14. The highest BCUT2D eigenvalue weighted by molar-refractivity contribution is 7.26. The van der Waals surface area contributed by atoms with Crippen molar-refractivity contribution in [2.45, 2.75) is 0 Å². The minimum Gasteiger partial charge on any atom is -0.382 e. The summed E-state index contributed by atoms with van der Waals surface area (Å²) in [6, 6.07) is 16.8. The zero-order valence-corrected chi connectivity index (χ0v) is 11.4. The first-order valence-corrected chi connectivity index (χ1v) is 7.13. The molecule has 0 bridgehead atoms. The van der Waals surface area contributed by atoms with Gasteiger partial charge in [0.15, 0.2) is 0 Å². The monoisotopic (exact) mass is 277 g/mol. The van der Waals surface area contributed by atoms with Crippen molar-refractivity contribution in [3.8, 4) is 11.1 Å². The Kier molecular flexibility index (Phi) is 2.44. The van der Waals surface area contributed by atoms with Crippen LogP contribution in [-0.4, -0.2) is 9.97 Å². The van der Waals surface area contributed by atoms with Gasteiger partial charge in [-0.1, -0.05) is 42.5 Å². The SMILES string of the molecule is Nc1ncnc2c1sc1cc(-c3ccccc3)ccc12. The number of rotatable bonds is 1. The predicted molar refractivity (Wildman–Crippen MR) is 84.8 cm³/mol. The highest BCUT2D eigenvalue weighted by atomic mass is 32.1. The van der Waals surface area contributed by atoms with Gasteiger partial charge in [-0.25, -0.2) is 9.97 Å². The standard InChI is InChI=1S/C16H11N3S/c17-16-15-14(18-9-19-16)12-7-6-11(8-13(12)20-15)10-4-2-1-3-5-10/h1-9H,(H2,17,18,19). The summed E-state index contributed by atoms with van der Waals surface area (Å²) in [6.07, 6.45) is 1.52. The zero-order valence-electron chi connectivity index (χ0n) is 10.6. The maximum atomic E-state index is 5.93. The summed E-state index contributed by atoms with van der Waals surface area (Å²) in [6.45, 7) is 0. The molecule has 0 spiro atoms. The van der Waals surface area contributed by atoms with E-state index in [0.717, 1.165) is 15.6 Å². The van der Waals surface area contributed by atoms with E-state index in [1.165, 1.54) is 22.2 Å². The lowest BCUT2D eigenvalue weighted by molar-refractivity contribution is 1.24. The van der Waals surface area contributed by atoms with Crippen molar-refractivity contribution in [2.24, 2.45) is 0 Å². The highest BCUT2D eigenvalue weighted by Gasteiger charge is 2.10. The van der Waals surface area contributed by atoms with Crippen LogP contribution in [-0.2, 0) is 0 Å². The molecule has 96 valence electrons. The van der Waals surface area contributed by atoms with Crippen LogP contribution < -0.4 is 5.73 Å². The summed E-state index contributed by atoms with van der Waals surface area (Å²) in [5.74, 6) is 0.553. The number of thiophene rings is 1. The molecule has 4 aromatic rings. The van der Waals surface area contributed by atoms with Crippen LogP contribution >= 0.6 is 11.3 Å². The molecule has 0 saturated carbocycles. The number of nitrogens with two attached hydrogens (primary N) is 1. The third kappa shape index (κ3) is 1.66. The van der Waals surface area contributed by atoms with Gasteiger partial charge in [-0.2, -0.15) is 0 Å². The van der Waals surface area contributed by atoms with Gasteiger partial charge in [-0.15, -0.1) is 11.3 Å². The van der Waals surface area contributed by atoms with Crippen molar-refractivity contribution >= 4 is 37.5 Å². The molecule has 0 aliphatic heterocycles. The first kappa shape index (κ1) is 11.4. The average molecular weight is 277 g/mol. The Labute approximate surface area is 119 Å². The van der Waals surface area contributed by atoms with E-state index in [9.17, 15) is 0 Å². The lowest BCUT2D eigenvalue weighted by Gasteiger charge is -2.01. The van der Waals surface area contributed by atoms with Crippen molar-refractivity contribution in [1.29, 1.82) is 0 Å². The van der Waals surface area contributed by atoms with E-state index in [-0.39, 0.29) is 0 Å². The van der Waals surface area contributed by atoms with Crippen LogP contribution in [0.3, 0.4) is 0 Å². The number of fused-ring (bicyclic) bond motifs is 3. The summed E-state index contributed by atoms with van der Waals surface area (Å²) in [4.78, 5) is 8.41. The number of nitrogens with zero attached hydrogens (tertiary/aromatic N) is 2. The molecule has 0 saturated heterocycles. The molecular formula is C16H11N3S. The first-order valence-electron chi connectivity index (χ1n) is 6.31. The molecule has 3 nitrogen and oxygen atoms in total. The summed E-state index contributed by atoms with van der Waals surface area (Å²) in [5.41, 5.74) is 9.29. The predicted octanol–water partition coefficient (Wildman–Crippen LogP) is 4.09. The minimum atomic E-state index is 0.553. The Morgan fingerprint density at radius 2 is 1.75 bits per heavy atom. The van der Waals surface area contributed by atoms with Gasteiger partial charge in [0.05, 0.1) is 10.2 Å². The van der Waals surface area contributed by atoms with Crippen molar-refractivity contribution in [2.75, 3.05) is 5.73 Å². The topological polar surface area (TPSA) is 51.8 Å². The second kappa shape index (κ2) is 4.28. The molecule has 20 heavy (non-hydrogen) atoms. The maximum absolute atomic E-state index is 5.93. The van der Waals surface area contributed by atoms with E-state index in [0.29, 0.717) is 5.82 Å². The average Bonchev–Trinajstić information content (AvgIpc) is 2.87. The van der Waals surface area contributed by atoms with Crippen molar-refractivity contribution in [3.63, 3.8) is 0 Å². The molecule has 0 radical (unpaired) electrons. The molecule has 0 aliphatic rings.